The fourth-order valence-corrected chi connectivity index (χ4v) is 10.4. The third kappa shape index (κ3) is 4.06. The van der Waals surface area contributed by atoms with Crippen LogP contribution in [0.4, 0.5) is 11.4 Å². The number of nitrogens with zero attached hydrogens (tertiary/aromatic N) is 1. The maximum atomic E-state index is 2.80. The highest BCUT2D eigenvalue weighted by atomic mass is 32.2. The van der Waals surface area contributed by atoms with Crippen molar-refractivity contribution < 1.29 is 0 Å². The molecule has 0 spiro atoms. The molecule has 0 unspecified atom stereocenters. The van der Waals surface area contributed by atoms with Crippen molar-refractivity contribution in [3.63, 3.8) is 0 Å². The Kier molecular flexibility index (Phi) is 6.01. The van der Waals surface area contributed by atoms with Crippen molar-refractivity contribution in [3.05, 3.63) is 114 Å². The lowest BCUT2D eigenvalue weighted by atomic mass is 9.31. The zero-order valence-corrected chi connectivity index (χ0v) is 31.6. The SMILES string of the molecule is CC(C)(C)c1ccc2c(c1)B1c3cc(C(C)(C)C)cc4c3N3B(c5cc(C(C)(C)C)ccc5-c5ccc(c1c53)S2)c1ccc2ccccc2c1-4. The van der Waals surface area contributed by atoms with E-state index in [0.29, 0.717) is 0 Å². The molecule has 0 atom stereocenters. The summed E-state index contributed by atoms with van der Waals surface area (Å²) in [7, 11) is 0. The van der Waals surface area contributed by atoms with E-state index in [1.807, 2.05) is 11.8 Å². The fraction of sp³-hybridized carbons (Fsp3) is 0.261. The summed E-state index contributed by atoms with van der Waals surface area (Å²) in [5.41, 5.74) is 20.0. The van der Waals surface area contributed by atoms with Crippen molar-refractivity contribution in [1.82, 2.24) is 0 Å². The van der Waals surface area contributed by atoms with Crippen LogP contribution in [0.5, 0.6) is 0 Å². The summed E-state index contributed by atoms with van der Waals surface area (Å²) in [5.74, 6) is 0. The van der Waals surface area contributed by atoms with E-state index in [-0.39, 0.29) is 29.8 Å². The molecule has 10 rings (SSSR count). The van der Waals surface area contributed by atoms with E-state index in [4.69, 9.17) is 0 Å². The number of rotatable bonds is 0. The second kappa shape index (κ2) is 9.80. The summed E-state index contributed by atoms with van der Waals surface area (Å²) in [6.07, 6.45) is 0. The van der Waals surface area contributed by atoms with E-state index in [9.17, 15) is 0 Å². The highest BCUT2D eigenvalue weighted by Crippen LogP contribution is 2.51. The molecule has 1 nitrogen and oxygen atoms in total. The Balaban J connectivity index is 1.41. The third-order valence-corrected chi connectivity index (χ3v) is 13.1. The van der Waals surface area contributed by atoms with Crippen LogP contribution in [0, 0.1) is 0 Å². The van der Waals surface area contributed by atoms with Gasteiger partial charge in [-0.15, -0.1) is 0 Å². The predicted octanol–water partition coefficient (Wildman–Crippen LogP) is 8.93. The number of hydrogen-bond donors (Lipinski definition) is 0. The molecule has 244 valence electrons. The van der Waals surface area contributed by atoms with Gasteiger partial charge in [0, 0.05) is 32.3 Å². The van der Waals surface area contributed by atoms with Gasteiger partial charge in [-0.25, -0.2) is 0 Å². The lowest BCUT2D eigenvalue weighted by Gasteiger charge is -2.51. The normalized spacial score (nSPS) is 15.1. The van der Waals surface area contributed by atoms with Gasteiger partial charge in [0.25, 0.3) is 0 Å². The van der Waals surface area contributed by atoms with E-state index in [0.717, 1.165) is 0 Å². The lowest BCUT2D eigenvalue weighted by Crippen LogP contribution is -2.69. The molecule has 0 N–H and O–H groups in total. The van der Waals surface area contributed by atoms with Crippen molar-refractivity contribution in [1.29, 1.82) is 0 Å². The molecule has 6 aromatic rings. The molecule has 4 aliphatic rings. The summed E-state index contributed by atoms with van der Waals surface area (Å²) in [5, 5.41) is 2.66. The number of anilines is 2. The predicted molar refractivity (Wildman–Crippen MR) is 220 cm³/mol. The van der Waals surface area contributed by atoms with Gasteiger partial charge in [0.15, 0.2) is 0 Å². The summed E-state index contributed by atoms with van der Waals surface area (Å²) < 4.78 is 0. The van der Waals surface area contributed by atoms with Crippen LogP contribution < -0.4 is 32.1 Å². The van der Waals surface area contributed by atoms with Crippen LogP contribution in [0.3, 0.4) is 0 Å². The third-order valence-electron chi connectivity index (χ3n) is 12.0. The molecule has 50 heavy (non-hydrogen) atoms. The van der Waals surface area contributed by atoms with Crippen LogP contribution in [0.2, 0.25) is 0 Å². The van der Waals surface area contributed by atoms with Crippen LogP contribution in [-0.4, -0.2) is 13.6 Å². The second-order valence-electron chi connectivity index (χ2n) is 18.2. The average molecular weight is 664 g/mol. The summed E-state index contributed by atoms with van der Waals surface area (Å²) in [6.45, 7) is 21.5. The first kappa shape index (κ1) is 30.7. The molecule has 4 heterocycles. The van der Waals surface area contributed by atoms with Gasteiger partial charge in [-0.3, -0.25) is 0 Å². The van der Waals surface area contributed by atoms with Gasteiger partial charge in [0.05, 0.1) is 0 Å². The van der Waals surface area contributed by atoms with E-state index in [2.05, 4.69) is 164 Å². The zero-order chi connectivity index (χ0) is 34.6. The molecular weight excluding hydrogens is 620 g/mol. The van der Waals surface area contributed by atoms with E-state index in [1.54, 1.807) is 0 Å². The molecule has 4 heteroatoms. The van der Waals surface area contributed by atoms with Gasteiger partial charge in [0.1, 0.15) is 0 Å². The molecule has 0 bridgehead atoms. The molecule has 0 amide bonds. The molecule has 0 fully saturated rings. The summed E-state index contributed by atoms with van der Waals surface area (Å²) in [6, 6.07) is 38.6. The van der Waals surface area contributed by atoms with E-state index in [1.165, 1.54) is 98.2 Å². The van der Waals surface area contributed by atoms with Crippen LogP contribution in [0.15, 0.2) is 107 Å². The Morgan fingerprint density at radius 3 is 1.88 bits per heavy atom. The van der Waals surface area contributed by atoms with Crippen LogP contribution in [0.1, 0.15) is 79.0 Å². The van der Waals surface area contributed by atoms with E-state index >= 15 is 0 Å². The molecule has 6 aromatic carbocycles. The van der Waals surface area contributed by atoms with Gasteiger partial charge >= 0.3 is 6.85 Å². The Labute approximate surface area is 302 Å². The van der Waals surface area contributed by atoms with Crippen LogP contribution in [0.25, 0.3) is 33.0 Å². The molecular formula is C46H43B2NS. The Bertz CT molecular complexity index is 2490. The highest BCUT2D eigenvalue weighted by Gasteiger charge is 2.51. The number of benzene rings is 6. The van der Waals surface area contributed by atoms with Gasteiger partial charge in [-0.05, 0) is 94.9 Å². The molecule has 0 saturated carbocycles. The molecule has 0 radical (unpaired) electrons. The summed E-state index contributed by atoms with van der Waals surface area (Å²) in [4.78, 5) is 5.59. The smallest absolute Gasteiger partial charge is 0.329 e. The summed E-state index contributed by atoms with van der Waals surface area (Å²) >= 11 is 1.97. The average Bonchev–Trinajstić information content (AvgIpc) is 3.07. The largest absolute Gasteiger partial charge is 0.377 e. The Hall–Kier alpha value is -4.14. The topological polar surface area (TPSA) is 3.24 Å². The van der Waals surface area contributed by atoms with E-state index < -0.39 is 0 Å². The first-order chi connectivity index (χ1) is 23.7. The molecule has 0 aromatic heterocycles. The maximum Gasteiger partial charge on any atom is 0.329 e. The first-order valence-corrected chi connectivity index (χ1v) is 19.2. The highest BCUT2D eigenvalue weighted by molar-refractivity contribution is 8.00. The van der Waals surface area contributed by atoms with Gasteiger partial charge in [0.2, 0.25) is 6.71 Å². The fourth-order valence-electron chi connectivity index (χ4n) is 9.27. The quantitative estimate of drug-likeness (QED) is 0.149. The molecule has 0 aliphatic carbocycles. The van der Waals surface area contributed by atoms with Gasteiger partial charge in [-0.2, -0.15) is 0 Å². The van der Waals surface area contributed by atoms with Crippen molar-refractivity contribution >= 4 is 74.8 Å². The minimum absolute atomic E-state index is 0.00626. The lowest BCUT2D eigenvalue weighted by molar-refractivity contribution is 0.590. The maximum absolute atomic E-state index is 2.80. The van der Waals surface area contributed by atoms with Crippen molar-refractivity contribution in [2.24, 2.45) is 0 Å². The van der Waals surface area contributed by atoms with Crippen molar-refractivity contribution in [2.45, 2.75) is 88.3 Å². The molecule has 0 saturated heterocycles. The van der Waals surface area contributed by atoms with Crippen molar-refractivity contribution in [3.8, 4) is 22.3 Å². The van der Waals surface area contributed by atoms with Crippen LogP contribution >= 0.6 is 11.8 Å². The minimum Gasteiger partial charge on any atom is -0.377 e. The zero-order valence-electron chi connectivity index (χ0n) is 30.7. The van der Waals surface area contributed by atoms with Crippen molar-refractivity contribution in [2.75, 3.05) is 4.81 Å². The molecule has 4 aliphatic heterocycles. The first-order valence-electron chi connectivity index (χ1n) is 18.3. The van der Waals surface area contributed by atoms with Crippen LogP contribution in [-0.2, 0) is 16.2 Å². The van der Waals surface area contributed by atoms with Gasteiger partial charge < -0.3 is 4.81 Å². The standard InChI is InChI=1S/C46H43B2NS/c1-44(2,3)27-15-17-31-32-18-21-39-41-43(32)49-42-33(40-30-13-11-10-12-26(30)14-19-34(40)48(49)35(31)23-27)22-29(46(7,8)9)25-37(42)47(41)36-24-28(45(4,5)6)16-20-38(36)50-39/h10-25H,1-9H3. The Morgan fingerprint density at radius 1 is 0.500 bits per heavy atom. The van der Waals surface area contributed by atoms with Gasteiger partial charge in [-0.1, -0.05) is 158 Å². The monoisotopic (exact) mass is 663 g/mol. The number of fused-ring (bicyclic) bond motifs is 11. The Morgan fingerprint density at radius 2 is 1.14 bits per heavy atom. The number of hydrogen-bond acceptors (Lipinski definition) is 2. The second-order valence-corrected chi connectivity index (χ2v) is 19.3. The minimum atomic E-state index is -0.00626.